The van der Waals surface area contributed by atoms with Crippen LogP contribution in [-0.4, -0.2) is 10.9 Å². The van der Waals surface area contributed by atoms with E-state index in [2.05, 4.69) is 15.7 Å². The first-order valence-electron chi connectivity index (χ1n) is 8.40. The van der Waals surface area contributed by atoms with Gasteiger partial charge >= 0.3 is 0 Å². The fourth-order valence-electron chi connectivity index (χ4n) is 2.65. The molecule has 2 heterocycles. The summed E-state index contributed by atoms with van der Waals surface area (Å²) in [7, 11) is 0. The van der Waals surface area contributed by atoms with Gasteiger partial charge < -0.3 is 5.32 Å². The van der Waals surface area contributed by atoms with E-state index in [1.807, 2.05) is 24.3 Å². The van der Waals surface area contributed by atoms with Gasteiger partial charge in [-0.2, -0.15) is 0 Å². The average Bonchev–Trinajstić information content (AvgIpc) is 3.10. The molecule has 2 aromatic heterocycles. The van der Waals surface area contributed by atoms with Crippen molar-refractivity contribution >= 4 is 56.4 Å². The molecule has 0 aliphatic carbocycles. The van der Waals surface area contributed by atoms with Gasteiger partial charge in [0, 0.05) is 27.4 Å². The van der Waals surface area contributed by atoms with Gasteiger partial charge in [0.2, 0.25) is 0 Å². The molecule has 7 heteroatoms. The van der Waals surface area contributed by atoms with E-state index in [1.165, 1.54) is 39.9 Å². The molecule has 1 N–H and O–H groups in total. The van der Waals surface area contributed by atoms with E-state index in [1.54, 1.807) is 35.4 Å². The van der Waals surface area contributed by atoms with Crippen molar-refractivity contribution in [1.29, 1.82) is 0 Å². The van der Waals surface area contributed by atoms with Crippen molar-refractivity contribution < 1.29 is 9.18 Å². The Morgan fingerprint density at radius 3 is 2.71 bits per heavy atom. The molecule has 0 aliphatic heterocycles. The number of thiophene rings is 1. The van der Waals surface area contributed by atoms with Crippen molar-refractivity contribution in [3.05, 3.63) is 88.1 Å². The number of thioether (sulfide) groups is 1. The predicted octanol–water partition coefficient (Wildman–Crippen LogP) is 6.63. The molecule has 2 aromatic carbocycles. The van der Waals surface area contributed by atoms with E-state index in [0.717, 1.165) is 15.8 Å². The Kier molecular flexibility index (Phi) is 5.62. The van der Waals surface area contributed by atoms with E-state index in [0.29, 0.717) is 11.3 Å². The first kappa shape index (κ1) is 18.9. The molecule has 0 atom stereocenters. The van der Waals surface area contributed by atoms with Gasteiger partial charge in [0.25, 0.3) is 5.91 Å². The molecule has 0 fully saturated rings. The summed E-state index contributed by atoms with van der Waals surface area (Å²) in [5.74, 6) is 0.143. The standard InChI is InChI=1S/C21H14ClFN2OS2/c22-15-2-7-19-18(9-15)14(11-27-19)12-28-20-8-1-13(10-24-20)21(26)25-17-5-3-16(23)4-6-17/h1-11H,12H2,(H,25,26). The van der Waals surface area contributed by atoms with E-state index in [-0.39, 0.29) is 11.7 Å². The highest BCUT2D eigenvalue weighted by Gasteiger charge is 2.09. The number of benzene rings is 2. The van der Waals surface area contributed by atoms with Gasteiger partial charge in [-0.3, -0.25) is 4.79 Å². The van der Waals surface area contributed by atoms with Gasteiger partial charge in [-0.1, -0.05) is 11.6 Å². The molecule has 0 saturated carbocycles. The van der Waals surface area contributed by atoms with Gasteiger partial charge in [0.1, 0.15) is 5.82 Å². The smallest absolute Gasteiger partial charge is 0.257 e. The van der Waals surface area contributed by atoms with Crippen LogP contribution < -0.4 is 5.32 Å². The molecular weight excluding hydrogens is 415 g/mol. The van der Waals surface area contributed by atoms with Gasteiger partial charge in [-0.15, -0.1) is 23.1 Å². The Morgan fingerprint density at radius 2 is 1.96 bits per heavy atom. The van der Waals surface area contributed by atoms with Gasteiger partial charge in [0.05, 0.1) is 10.6 Å². The number of fused-ring (bicyclic) bond motifs is 1. The molecule has 0 bridgehead atoms. The number of hydrogen-bond acceptors (Lipinski definition) is 4. The highest BCUT2D eigenvalue weighted by Crippen LogP contribution is 2.32. The minimum atomic E-state index is -0.346. The van der Waals surface area contributed by atoms with Crippen LogP contribution in [0.2, 0.25) is 5.02 Å². The van der Waals surface area contributed by atoms with Gasteiger partial charge in [-0.05, 0) is 70.9 Å². The number of rotatable bonds is 5. The molecule has 0 saturated heterocycles. The maximum absolute atomic E-state index is 12.9. The predicted molar refractivity (Wildman–Crippen MR) is 115 cm³/mol. The van der Waals surface area contributed by atoms with Gasteiger partial charge in [-0.25, -0.2) is 9.37 Å². The summed E-state index contributed by atoms with van der Waals surface area (Å²) in [6.07, 6.45) is 1.55. The van der Waals surface area contributed by atoms with E-state index >= 15 is 0 Å². The van der Waals surface area contributed by atoms with Crippen LogP contribution in [-0.2, 0) is 5.75 Å². The summed E-state index contributed by atoms with van der Waals surface area (Å²) in [5.41, 5.74) is 2.20. The molecule has 3 nitrogen and oxygen atoms in total. The van der Waals surface area contributed by atoms with Crippen molar-refractivity contribution in [2.45, 2.75) is 10.8 Å². The molecule has 0 unspecified atom stereocenters. The highest BCUT2D eigenvalue weighted by molar-refractivity contribution is 7.98. The topological polar surface area (TPSA) is 42.0 Å². The number of amides is 1. The molecule has 4 aromatic rings. The number of aromatic nitrogens is 1. The molecule has 1 amide bonds. The van der Waals surface area contributed by atoms with Crippen molar-refractivity contribution in [3.8, 4) is 0 Å². The summed E-state index contributed by atoms with van der Waals surface area (Å²) in [6, 6.07) is 15.1. The van der Waals surface area contributed by atoms with Crippen molar-refractivity contribution in [2.24, 2.45) is 0 Å². The number of halogens is 2. The number of hydrogen-bond donors (Lipinski definition) is 1. The van der Waals surface area contributed by atoms with Crippen molar-refractivity contribution in [2.75, 3.05) is 5.32 Å². The normalized spacial score (nSPS) is 10.9. The fourth-order valence-corrected chi connectivity index (χ4v) is 4.71. The SMILES string of the molecule is O=C(Nc1ccc(F)cc1)c1ccc(SCc2csc3ccc(Cl)cc23)nc1. The highest BCUT2D eigenvalue weighted by atomic mass is 35.5. The molecule has 28 heavy (non-hydrogen) atoms. The van der Waals surface area contributed by atoms with E-state index < -0.39 is 0 Å². The number of carbonyl (C=O) groups is 1. The number of anilines is 1. The third kappa shape index (κ3) is 4.35. The first-order valence-corrected chi connectivity index (χ1v) is 10.6. The monoisotopic (exact) mass is 428 g/mol. The zero-order valence-corrected chi connectivity index (χ0v) is 16.9. The Balaban J connectivity index is 1.40. The number of nitrogens with one attached hydrogen (secondary N) is 1. The summed E-state index contributed by atoms with van der Waals surface area (Å²) < 4.78 is 14.2. The molecule has 0 aliphatic rings. The number of nitrogens with zero attached hydrogens (tertiary/aromatic N) is 1. The minimum Gasteiger partial charge on any atom is -0.322 e. The summed E-state index contributed by atoms with van der Waals surface area (Å²) in [4.78, 5) is 16.6. The summed E-state index contributed by atoms with van der Waals surface area (Å²) in [6.45, 7) is 0. The Labute approximate surface area is 174 Å². The third-order valence-corrected chi connectivity index (χ3v) is 6.33. The van der Waals surface area contributed by atoms with Crippen LogP contribution in [0.25, 0.3) is 10.1 Å². The lowest BCUT2D eigenvalue weighted by Crippen LogP contribution is -2.12. The van der Waals surface area contributed by atoms with Crippen molar-refractivity contribution in [3.63, 3.8) is 0 Å². The minimum absolute atomic E-state index is 0.283. The van der Waals surface area contributed by atoms with E-state index in [4.69, 9.17) is 11.6 Å². The average molecular weight is 429 g/mol. The second-order valence-electron chi connectivity index (χ2n) is 6.04. The lowest BCUT2D eigenvalue weighted by atomic mass is 10.2. The Morgan fingerprint density at radius 1 is 1.14 bits per heavy atom. The Bertz CT molecular complexity index is 1130. The molecule has 0 spiro atoms. The molecular formula is C21H14ClFN2OS2. The molecule has 4 rings (SSSR count). The Hall–Kier alpha value is -2.41. The third-order valence-electron chi connectivity index (χ3n) is 4.09. The largest absolute Gasteiger partial charge is 0.322 e. The number of pyridine rings is 1. The van der Waals surface area contributed by atoms with Crippen molar-refractivity contribution in [1.82, 2.24) is 4.98 Å². The number of carbonyl (C=O) groups excluding carboxylic acids is 1. The van der Waals surface area contributed by atoms with Crippen LogP contribution in [0.5, 0.6) is 0 Å². The van der Waals surface area contributed by atoms with Crippen LogP contribution in [0.4, 0.5) is 10.1 Å². The van der Waals surface area contributed by atoms with Crippen LogP contribution in [0, 0.1) is 5.82 Å². The summed E-state index contributed by atoms with van der Waals surface area (Å²) in [5, 5.41) is 7.59. The fraction of sp³-hybridized carbons (Fsp3) is 0.0476. The van der Waals surface area contributed by atoms with Crippen LogP contribution in [0.15, 0.2) is 71.2 Å². The lowest BCUT2D eigenvalue weighted by Gasteiger charge is -2.06. The quantitative estimate of drug-likeness (QED) is 0.362. The maximum Gasteiger partial charge on any atom is 0.257 e. The maximum atomic E-state index is 12.9. The summed E-state index contributed by atoms with van der Waals surface area (Å²) >= 11 is 9.41. The second kappa shape index (κ2) is 8.31. The van der Waals surface area contributed by atoms with Crippen LogP contribution in [0.1, 0.15) is 15.9 Å². The molecule has 140 valence electrons. The van der Waals surface area contributed by atoms with Crippen LogP contribution in [0.3, 0.4) is 0 Å². The van der Waals surface area contributed by atoms with Crippen LogP contribution >= 0.6 is 34.7 Å². The first-order chi connectivity index (χ1) is 13.6. The van der Waals surface area contributed by atoms with E-state index in [9.17, 15) is 9.18 Å². The zero-order valence-electron chi connectivity index (χ0n) is 14.5. The molecule has 0 radical (unpaired) electrons. The zero-order chi connectivity index (χ0) is 19.5. The van der Waals surface area contributed by atoms with Gasteiger partial charge in [0.15, 0.2) is 0 Å². The lowest BCUT2D eigenvalue weighted by molar-refractivity contribution is 0.102. The second-order valence-corrected chi connectivity index (χ2v) is 8.38.